The molecule has 1 amide bonds. The first-order valence-corrected chi connectivity index (χ1v) is 8.38. The number of nitrogens with zero attached hydrogens (tertiary/aromatic N) is 2. The van der Waals surface area contributed by atoms with Gasteiger partial charge in [0.25, 0.3) is 0 Å². The Morgan fingerprint density at radius 3 is 2.64 bits per heavy atom. The zero-order valence-electron chi connectivity index (χ0n) is 14.7. The minimum absolute atomic E-state index is 0.0311. The van der Waals surface area contributed by atoms with Crippen molar-refractivity contribution in [3.05, 3.63) is 30.1 Å². The van der Waals surface area contributed by atoms with Crippen molar-refractivity contribution >= 4 is 11.9 Å². The highest BCUT2D eigenvalue weighted by Crippen LogP contribution is 2.29. The Bertz CT molecular complexity index is 608. The number of carbonyl (C=O) groups excluding carboxylic acids is 1. The van der Waals surface area contributed by atoms with Crippen LogP contribution in [0.4, 0.5) is 4.39 Å². The monoisotopic (exact) mass is 352 g/mol. The quantitative estimate of drug-likeness (QED) is 0.723. The Hall–Kier alpha value is -2.15. The first kappa shape index (κ1) is 19.2. The first-order chi connectivity index (χ1) is 11.8. The number of ether oxygens (including phenoxy) is 1. The van der Waals surface area contributed by atoms with Gasteiger partial charge in [0.15, 0.2) is 0 Å². The molecule has 0 radical (unpaired) electrons. The molecule has 1 unspecified atom stereocenters. The average Bonchev–Trinajstić information content (AvgIpc) is 2.95. The van der Waals surface area contributed by atoms with E-state index in [9.17, 15) is 19.1 Å². The van der Waals surface area contributed by atoms with Crippen molar-refractivity contribution in [2.75, 3.05) is 39.8 Å². The second kappa shape index (κ2) is 8.29. The molecular formula is C18H25FN2O4. The van der Waals surface area contributed by atoms with Gasteiger partial charge in [-0.3, -0.25) is 14.5 Å². The van der Waals surface area contributed by atoms with E-state index >= 15 is 0 Å². The standard InChI is InChI=1S/C18H25FN2O4/c1-18(17(23)24)8-10-21(13-18)12-16(22)20(2)9-3-11-25-15-6-4-14(19)5-7-15/h4-7H,3,8-13H2,1-2H3,(H,23,24). The Kier molecular flexibility index (Phi) is 6.36. The lowest BCUT2D eigenvalue weighted by atomic mass is 9.90. The van der Waals surface area contributed by atoms with Gasteiger partial charge in [-0.2, -0.15) is 0 Å². The molecule has 2 rings (SSSR count). The van der Waals surface area contributed by atoms with Crippen LogP contribution < -0.4 is 4.74 Å². The summed E-state index contributed by atoms with van der Waals surface area (Å²) in [5.74, 6) is -0.552. The number of likely N-dealkylation sites (tertiary alicyclic amines) is 1. The molecule has 1 aromatic carbocycles. The fourth-order valence-corrected chi connectivity index (χ4v) is 2.83. The van der Waals surface area contributed by atoms with E-state index in [1.807, 2.05) is 4.90 Å². The van der Waals surface area contributed by atoms with Crippen LogP contribution in [0.15, 0.2) is 24.3 Å². The maximum absolute atomic E-state index is 12.8. The molecule has 1 heterocycles. The molecule has 138 valence electrons. The number of amides is 1. The molecule has 0 saturated carbocycles. The van der Waals surface area contributed by atoms with Crippen LogP contribution >= 0.6 is 0 Å². The van der Waals surface area contributed by atoms with Crippen LogP contribution in [0.5, 0.6) is 5.75 Å². The van der Waals surface area contributed by atoms with Crippen LogP contribution in [0.25, 0.3) is 0 Å². The van der Waals surface area contributed by atoms with Gasteiger partial charge in [0.05, 0.1) is 18.6 Å². The zero-order chi connectivity index (χ0) is 18.4. The topological polar surface area (TPSA) is 70.1 Å². The van der Waals surface area contributed by atoms with Crippen molar-refractivity contribution < 1.29 is 23.8 Å². The maximum Gasteiger partial charge on any atom is 0.310 e. The van der Waals surface area contributed by atoms with Gasteiger partial charge >= 0.3 is 5.97 Å². The van der Waals surface area contributed by atoms with Gasteiger partial charge in [-0.15, -0.1) is 0 Å². The summed E-state index contributed by atoms with van der Waals surface area (Å²) in [4.78, 5) is 27.0. The second-order valence-electron chi connectivity index (χ2n) is 6.80. The average molecular weight is 352 g/mol. The third kappa shape index (κ3) is 5.42. The van der Waals surface area contributed by atoms with Gasteiger partial charge in [-0.1, -0.05) is 0 Å². The summed E-state index contributed by atoms with van der Waals surface area (Å²) in [6.07, 6.45) is 1.22. The molecule has 0 aliphatic carbocycles. The van der Waals surface area contributed by atoms with E-state index in [4.69, 9.17) is 4.74 Å². The molecule has 1 fully saturated rings. The van der Waals surface area contributed by atoms with E-state index in [0.29, 0.717) is 44.8 Å². The van der Waals surface area contributed by atoms with Crippen LogP contribution in [0.1, 0.15) is 19.8 Å². The van der Waals surface area contributed by atoms with E-state index in [1.165, 1.54) is 12.1 Å². The van der Waals surface area contributed by atoms with E-state index < -0.39 is 11.4 Å². The van der Waals surface area contributed by atoms with Gasteiger partial charge in [0.2, 0.25) is 5.91 Å². The number of aliphatic carboxylic acids is 1. The molecule has 0 aromatic heterocycles. The van der Waals surface area contributed by atoms with Crippen molar-refractivity contribution in [2.45, 2.75) is 19.8 Å². The molecule has 25 heavy (non-hydrogen) atoms. The summed E-state index contributed by atoms with van der Waals surface area (Å²) in [5.41, 5.74) is -0.762. The lowest BCUT2D eigenvalue weighted by Gasteiger charge is -2.23. The van der Waals surface area contributed by atoms with Gasteiger partial charge in [0, 0.05) is 20.1 Å². The van der Waals surface area contributed by atoms with E-state index in [2.05, 4.69) is 0 Å². The number of halogens is 1. The minimum atomic E-state index is -0.811. The van der Waals surface area contributed by atoms with E-state index in [1.54, 1.807) is 31.0 Å². The van der Waals surface area contributed by atoms with Crippen LogP contribution in [-0.4, -0.2) is 66.6 Å². The maximum atomic E-state index is 12.8. The molecule has 7 heteroatoms. The number of hydrogen-bond acceptors (Lipinski definition) is 4. The number of rotatable bonds is 8. The summed E-state index contributed by atoms with van der Waals surface area (Å²) in [6.45, 7) is 3.95. The molecular weight excluding hydrogens is 327 g/mol. The fraction of sp³-hybridized carbons (Fsp3) is 0.556. The summed E-state index contributed by atoms with van der Waals surface area (Å²) in [6, 6.07) is 5.81. The number of likely N-dealkylation sites (N-methyl/N-ethyl adjacent to an activating group) is 1. The largest absolute Gasteiger partial charge is 0.494 e. The van der Waals surface area contributed by atoms with Crippen molar-refractivity contribution in [3.63, 3.8) is 0 Å². The van der Waals surface area contributed by atoms with Gasteiger partial charge < -0.3 is 14.7 Å². The predicted octanol–water partition coefficient (Wildman–Crippen LogP) is 1.85. The Labute approximate surface area is 147 Å². The zero-order valence-corrected chi connectivity index (χ0v) is 14.7. The summed E-state index contributed by atoms with van der Waals surface area (Å²) < 4.78 is 18.3. The normalized spacial score (nSPS) is 20.4. The molecule has 1 aliphatic heterocycles. The Morgan fingerprint density at radius 1 is 1.36 bits per heavy atom. The highest BCUT2D eigenvalue weighted by Gasteiger charge is 2.40. The highest BCUT2D eigenvalue weighted by molar-refractivity contribution is 5.79. The van der Waals surface area contributed by atoms with Crippen molar-refractivity contribution in [1.29, 1.82) is 0 Å². The third-order valence-electron chi connectivity index (χ3n) is 4.57. The Morgan fingerprint density at radius 2 is 2.04 bits per heavy atom. The van der Waals surface area contributed by atoms with Gasteiger partial charge in [-0.25, -0.2) is 4.39 Å². The number of benzene rings is 1. The van der Waals surface area contributed by atoms with E-state index in [-0.39, 0.29) is 18.3 Å². The first-order valence-electron chi connectivity index (χ1n) is 8.38. The predicted molar refractivity (Wildman–Crippen MR) is 90.9 cm³/mol. The third-order valence-corrected chi connectivity index (χ3v) is 4.57. The van der Waals surface area contributed by atoms with E-state index in [0.717, 1.165) is 0 Å². The summed E-state index contributed by atoms with van der Waals surface area (Å²) >= 11 is 0. The van der Waals surface area contributed by atoms with Crippen molar-refractivity contribution in [2.24, 2.45) is 5.41 Å². The SMILES string of the molecule is CN(CCCOc1ccc(F)cc1)C(=O)CN1CCC(C)(C(=O)O)C1. The smallest absolute Gasteiger partial charge is 0.310 e. The molecule has 1 saturated heterocycles. The van der Waals surface area contributed by atoms with Crippen molar-refractivity contribution in [3.8, 4) is 5.75 Å². The molecule has 1 atom stereocenters. The lowest BCUT2D eigenvalue weighted by Crippen LogP contribution is -2.39. The van der Waals surface area contributed by atoms with Gasteiger partial charge in [-0.05, 0) is 50.6 Å². The van der Waals surface area contributed by atoms with Crippen molar-refractivity contribution in [1.82, 2.24) is 9.80 Å². The van der Waals surface area contributed by atoms with Crippen LogP contribution in [0, 0.1) is 11.2 Å². The fourth-order valence-electron chi connectivity index (χ4n) is 2.83. The number of carbonyl (C=O) groups is 2. The number of carboxylic acids is 1. The lowest BCUT2D eigenvalue weighted by molar-refractivity contribution is -0.147. The summed E-state index contributed by atoms with van der Waals surface area (Å²) in [7, 11) is 1.73. The highest BCUT2D eigenvalue weighted by atomic mass is 19.1. The second-order valence-corrected chi connectivity index (χ2v) is 6.80. The molecule has 1 aliphatic rings. The van der Waals surface area contributed by atoms with Crippen LogP contribution in [-0.2, 0) is 9.59 Å². The van der Waals surface area contributed by atoms with Crippen LogP contribution in [0.3, 0.4) is 0 Å². The minimum Gasteiger partial charge on any atom is -0.494 e. The number of carboxylic acid groups (broad SMARTS) is 1. The summed E-state index contributed by atoms with van der Waals surface area (Å²) in [5, 5.41) is 9.23. The van der Waals surface area contributed by atoms with Crippen LogP contribution in [0.2, 0.25) is 0 Å². The Balaban J connectivity index is 1.67. The molecule has 0 spiro atoms. The molecule has 6 nitrogen and oxygen atoms in total. The van der Waals surface area contributed by atoms with Gasteiger partial charge in [0.1, 0.15) is 11.6 Å². The molecule has 1 N–H and O–H groups in total. The number of hydrogen-bond donors (Lipinski definition) is 1. The molecule has 0 bridgehead atoms. The molecule has 1 aromatic rings.